The average molecular weight is 696 g/mol. The maximum absolute atomic E-state index is 2.60. The molecule has 0 aromatic heterocycles. The van der Waals surface area contributed by atoms with Gasteiger partial charge in [-0.15, -0.1) is 0 Å². The normalized spacial score (nSPS) is 23.5. The van der Waals surface area contributed by atoms with Gasteiger partial charge in [0.1, 0.15) is 0 Å². The van der Waals surface area contributed by atoms with Gasteiger partial charge in [0.2, 0.25) is 0 Å². The number of hydrogen-bond acceptors (Lipinski definition) is 1. The molecule has 4 saturated carbocycles. The number of nitrogens with zero attached hydrogens (tertiary/aromatic N) is 1. The number of rotatable bonds is 7. The van der Waals surface area contributed by atoms with E-state index in [9.17, 15) is 0 Å². The van der Waals surface area contributed by atoms with Crippen LogP contribution < -0.4 is 4.90 Å². The van der Waals surface area contributed by atoms with E-state index in [0.717, 1.165) is 5.92 Å². The van der Waals surface area contributed by atoms with E-state index in [1.807, 2.05) is 0 Å². The van der Waals surface area contributed by atoms with E-state index >= 15 is 0 Å². The van der Waals surface area contributed by atoms with Gasteiger partial charge in [-0.05, 0) is 156 Å². The molecule has 0 N–H and O–H groups in total. The molecule has 2 bridgehead atoms. The average Bonchev–Trinajstić information content (AvgIpc) is 3.91. The van der Waals surface area contributed by atoms with Crippen molar-refractivity contribution in [3.63, 3.8) is 0 Å². The summed E-state index contributed by atoms with van der Waals surface area (Å²) in [6.45, 7) is 4.91. The topological polar surface area (TPSA) is 3.24 Å². The van der Waals surface area contributed by atoms with Crippen molar-refractivity contribution < 1.29 is 0 Å². The van der Waals surface area contributed by atoms with Gasteiger partial charge in [0.15, 0.2) is 0 Å². The van der Waals surface area contributed by atoms with Gasteiger partial charge < -0.3 is 4.90 Å². The molecule has 0 radical (unpaired) electrons. The predicted octanol–water partition coefficient (Wildman–Crippen LogP) is 15.1. The molecule has 0 spiro atoms. The van der Waals surface area contributed by atoms with Crippen molar-refractivity contribution in [3.05, 3.63) is 137 Å². The van der Waals surface area contributed by atoms with Crippen molar-refractivity contribution in [2.45, 2.75) is 133 Å². The Balaban J connectivity index is 1.14. The van der Waals surface area contributed by atoms with Crippen LogP contribution in [0.2, 0.25) is 0 Å². The van der Waals surface area contributed by atoms with Crippen LogP contribution in [0.3, 0.4) is 0 Å². The molecule has 5 aromatic carbocycles. The van der Waals surface area contributed by atoms with Crippen molar-refractivity contribution >= 4 is 17.1 Å². The standard InChI is InChI=1S/C52H57N/c1-51(2)47-16-10-9-15-45(47)46-29-30-48(49(50(46)51)41-19-17-39(18-20-41)37-11-5-3-6-12-37)53(43-25-21-40(22-26-43)38-13-7-4-8-14-38)44-27-23-42(24-28-44)52-33-31-36(35-52)32-34-52/h9-10,15-30,36-38H,3-8,11-14,31-35H2,1-2H3. The second kappa shape index (κ2) is 13.3. The van der Waals surface area contributed by atoms with Gasteiger partial charge in [0, 0.05) is 22.4 Å². The monoisotopic (exact) mass is 695 g/mol. The van der Waals surface area contributed by atoms with E-state index in [1.54, 1.807) is 5.56 Å². The summed E-state index contributed by atoms with van der Waals surface area (Å²) in [5, 5.41) is 0. The molecular formula is C52H57N. The van der Waals surface area contributed by atoms with Gasteiger partial charge >= 0.3 is 0 Å². The van der Waals surface area contributed by atoms with Crippen LogP contribution in [0.15, 0.2) is 109 Å². The highest BCUT2D eigenvalue weighted by Gasteiger charge is 2.46. The quantitative estimate of drug-likeness (QED) is 0.164. The van der Waals surface area contributed by atoms with Crippen LogP contribution in [0.25, 0.3) is 22.3 Å². The molecular weight excluding hydrogens is 639 g/mol. The zero-order chi connectivity index (χ0) is 35.6. The fraction of sp³-hybridized carbons (Fsp3) is 0.423. The molecule has 0 heterocycles. The molecule has 0 aliphatic heterocycles. The molecule has 10 rings (SSSR count). The van der Waals surface area contributed by atoms with E-state index in [2.05, 4.69) is 128 Å². The maximum Gasteiger partial charge on any atom is 0.0543 e. The van der Waals surface area contributed by atoms with Gasteiger partial charge in [0.25, 0.3) is 0 Å². The van der Waals surface area contributed by atoms with E-state index < -0.39 is 0 Å². The van der Waals surface area contributed by atoms with Gasteiger partial charge in [-0.25, -0.2) is 0 Å². The molecule has 0 saturated heterocycles. The summed E-state index contributed by atoms with van der Waals surface area (Å²) >= 11 is 0. The van der Waals surface area contributed by atoms with Gasteiger partial charge in [-0.3, -0.25) is 0 Å². The number of fused-ring (bicyclic) bond motifs is 5. The van der Waals surface area contributed by atoms with Crippen molar-refractivity contribution in [3.8, 4) is 22.3 Å². The first kappa shape index (κ1) is 33.5. The summed E-state index contributed by atoms with van der Waals surface area (Å²) < 4.78 is 0. The first-order chi connectivity index (χ1) is 26.0. The van der Waals surface area contributed by atoms with Crippen molar-refractivity contribution in [1.29, 1.82) is 0 Å². The Bertz CT molecular complexity index is 2080. The SMILES string of the molecule is CC1(C)c2ccccc2-c2ccc(N(c3ccc(C4CCCCC4)cc3)c3ccc(C45CCC(CC4)C5)cc3)c(-c3ccc(C4CCCCC4)cc3)c21. The fourth-order valence-electron chi connectivity index (χ4n) is 12.0. The van der Waals surface area contributed by atoms with Crippen LogP contribution in [0.4, 0.5) is 17.1 Å². The van der Waals surface area contributed by atoms with E-state index in [4.69, 9.17) is 0 Å². The van der Waals surface area contributed by atoms with Crippen LogP contribution in [0, 0.1) is 5.92 Å². The third-order valence-electron chi connectivity index (χ3n) is 14.9. The van der Waals surface area contributed by atoms with Crippen LogP contribution in [0.1, 0.15) is 150 Å². The predicted molar refractivity (Wildman–Crippen MR) is 224 cm³/mol. The van der Waals surface area contributed by atoms with Crippen LogP contribution in [-0.4, -0.2) is 0 Å². The smallest absolute Gasteiger partial charge is 0.0543 e. The highest BCUT2D eigenvalue weighted by atomic mass is 15.1. The molecule has 0 unspecified atom stereocenters. The molecule has 5 aromatic rings. The van der Waals surface area contributed by atoms with Crippen molar-refractivity contribution in [2.24, 2.45) is 5.92 Å². The zero-order valence-corrected chi connectivity index (χ0v) is 32.2. The lowest BCUT2D eigenvalue weighted by Gasteiger charge is -2.33. The first-order valence-corrected chi connectivity index (χ1v) is 21.4. The molecule has 1 heteroatoms. The van der Waals surface area contributed by atoms with Crippen LogP contribution in [0.5, 0.6) is 0 Å². The molecule has 0 amide bonds. The molecule has 270 valence electrons. The Morgan fingerprint density at radius 3 is 1.68 bits per heavy atom. The minimum absolute atomic E-state index is 0.125. The van der Waals surface area contributed by atoms with Gasteiger partial charge in [0.05, 0.1) is 5.69 Å². The van der Waals surface area contributed by atoms with Crippen LogP contribution in [-0.2, 0) is 10.8 Å². The molecule has 5 aliphatic carbocycles. The lowest BCUT2D eigenvalue weighted by molar-refractivity contribution is 0.419. The van der Waals surface area contributed by atoms with Crippen molar-refractivity contribution in [2.75, 3.05) is 4.90 Å². The Hall–Kier alpha value is -4.10. The van der Waals surface area contributed by atoms with E-state index in [1.165, 1.54) is 158 Å². The highest BCUT2D eigenvalue weighted by Crippen LogP contribution is 2.58. The third kappa shape index (κ3) is 5.71. The molecule has 1 nitrogen and oxygen atoms in total. The Morgan fingerprint density at radius 1 is 0.528 bits per heavy atom. The summed E-state index contributed by atoms with van der Waals surface area (Å²) in [7, 11) is 0. The lowest BCUT2D eigenvalue weighted by Crippen LogP contribution is -2.20. The summed E-state index contributed by atoms with van der Waals surface area (Å²) in [5.41, 5.74) is 17.1. The van der Waals surface area contributed by atoms with Gasteiger partial charge in [-0.2, -0.15) is 0 Å². The summed E-state index contributed by atoms with van der Waals surface area (Å²) in [5.74, 6) is 2.34. The maximum atomic E-state index is 2.60. The summed E-state index contributed by atoms with van der Waals surface area (Å²) in [4.78, 5) is 2.60. The molecule has 53 heavy (non-hydrogen) atoms. The third-order valence-corrected chi connectivity index (χ3v) is 14.9. The van der Waals surface area contributed by atoms with E-state index in [-0.39, 0.29) is 5.41 Å². The molecule has 5 aliphatic rings. The number of benzene rings is 5. The number of anilines is 3. The van der Waals surface area contributed by atoms with Crippen LogP contribution >= 0.6 is 0 Å². The second-order valence-corrected chi connectivity index (χ2v) is 18.2. The summed E-state index contributed by atoms with van der Waals surface area (Å²) in [6.07, 6.45) is 20.5. The summed E-state index contributed by atoms with van der Waals surface area (Å²) in [6, 6.07) is 43.6. The zero-order valence-electron chi connectivity index (χ0n) is 32.2. The van der Waals surface area contributed by atoms with Crippen molar-refractivity contribution in [1.82, 2.24) is 0 Å². The minimum atomic E-state index is -0.125. The second-order valence-electron chi connectivity index (χ2n) is 18.2. The Morgan fingerprint density at radius 2 is 1.09 bits per heavy atom. The highest BCUT2D eigenvalue weighted by molar-refractivity contribution is 5.97. The number of hydrogen-bond donors (Lipinski definition) is 0. The minimum Gasteiger partial charge on any atom is -0.310 e. The molecule has 4 fully saturated rings. The first-order valence-electron chi connectivity index (χ1n) is 21.4. The largest absolute Gasteiger partial charge is 0.310 e. The molecule has 0 atom stereocenters. The Labute approximate surface area is 318 Å². The fourth-order valence-corrected chi connectivity index (χ4v) is 12.0. The van der Waals surface area contributed by atoms with E-state index in [0.29, 0.717) is 17.3 Å². The van der Waals surface area contributed by atoms with Gasteiger partial charge in [-0.1, -0.05) is 131 Å². The Kier molecular flexibility index (Phi) is 8.42. The lowest BCUT2D eigenvalue weighted by atomic mass is 9.77.